The normalized spacial score (nSPS) is 17.5. The van der Waals surface area contributed by atoms with E-state index in [1.54, 1.807) is 12.1 Å². The molecule has 1 fully saturated rings. The zero-order valence-corrected chi connectivity index (χ0v) is 14.2. The second-order valence-electron chi connectivity index (χ2n) is 5.91. The first-order valence-corrected chi connectivity index (χ1v) is 8.41. The third-order valence-electron chi connectivity index (χ3n) is 3.89. The number of nitrogens with two attached hydrogens (primary N) is 2. The summed E-state index contributed by atoms with van der Waals surface area (Å²) in [5.74, 6) is -0.0939. The number of benzene rings is 1. The molecule has 5 N–H and O–H groups in total. The molecular formula is C16H27BN4O3. The maximum absolute atomic E-state index is 12.2. The van der Waals surface area contributed by atoms with Crippen LogP contribution in [0.25, 0.3) is 0 Å². The molecule has 0 aliphatic carbocycles. The Morgan fingerprint density at radius 1 is 1.25 bits per heavy atom. The van der Waals surface area contributed by atoms with E-state index in [0.29, 0.717) is 31.8 Å². The van der Waals surface area contributed by atoms with Crippen LogP contribution in [0.2, 0.25) is 0 Å². The van der Waals surface area contributed by atoms with E-state index in [1.165, 1.54) is 0 Å². The van der Waals surface area contributed by atoms with Crippen LogP contribution in [0.15, 0.2) is 24.3 Å². The molecule has 1 aromatic carbocycles. The molecule has 0 aromatic heterocycles. The highest BCUT2D eigenvalue weighted by Crippen LogP contribution is 2.08. The molecule has 0 saturated carbocycles. The Balaban J connectivity index is 1.80. The van der Waals surface area contributed by atoms with E-state index in [9.17, 15) is 4.79 Å². The summed E-state index contributed by atoms with van der Waals surface area (Å²) in [7, 11) is -0.335. The SMILES string of the molecule is CC1COB(c2ccc(C(=O)NCCN(CCN)CCN)cc2)O1. The average Bonchev–Trinajstić information content (AvgIpc) is 3.02. The van der Waals surface area contributed by atoms with E-state index in [1.807, 2.05) is 19.1 Å². The van der Waals surface area contributed by atoms with E-state index < -0.39 is 0 Å². The number of hydrogen-bond donors (Lipinski definition) is 3. The zero-order chi connectivity index (χ0) is 17.4. The smallest absolute Gasteiger partial charge is 0.405 e. The minimum absolute atomic E-state index is 0.0939. The Morgan fingerprint density at radius 3 is 2.46 bits per heavy atom. The third-order valence-corrected chi connectivity index (χ3v) is 3.89. The van der Waals surface area contributed by atoms with Gasteiger partial charge in [-0.1, -0.05) is 12.1 Å². The van der Waals surface area contributed by atoms with Crippen molar-refractivity contribution < 1.29 is 14.1 Å². The van der Waals surface area contributed by atoms with Crippen LogP contribution in [0.4, 0.5) is 0 Å². The number of rotatable bonds is 9. The molecule has 1 atom stereocenters. The van der Waals surface area contributed by atoms with E-state index >= 15 is 0 Å². The van der Waals surface area contributed by atoms with Gasteiger partial charge in [0.2, 0.25) is 0 Å². The van der Waals surface area contributed by atoms with Crippen molar-refractivity contribution in [2.45, 2.75) is 13.0 Å². The fraction of sp³-hybridized carbons (Fsp3) is 0.562. The molecule has 0 bridgehead atoms. The molecule has 1 heterocycles. The van der Waals surface area contributed by atoms with Crippen LogP contribution in [-0.2, 0) is 9.31 Å². The first-order chi connectivity index (χ1) is 11.6. The highest BCUT2D eigenvalue weighted by Gasteiger charge is 2.30. The molecule has 1 aliphatic heterocycles. The second kappa shape index (κ2) is 9.75. The van der Waals surface area contributed by atoms with Crippen molar-refractivity contribution in [3.8, 4) is 0 Å². The maximum Gasteiger partial charge on any atom is 0.494 e. The summed E-state index contributed by atoms with van der Waals surface area (Å²) >= 11 is 0. The van der Waals surface area contributed by atoms with Crippen LogP contribution in [0.5, 0.6) is 0 Å². The van der Waals surface area contributed by atoms with Crippen LogP contribution in [-0.4, -0.2) is 69.9 Å². The zero-order valence-electron chi connectivity index (χ0n) is 14.2. The van der Waals surface area contributed by atoms with E-state index in [4.69, 9.17) is 20.8 Å². The molecule has 1 unspecified atom stereocenters. The van der Waals surface area contributed by atoms with Crippen molar-refractivity contribution in [3.05, 3.63) is 29.8 Å². The molecule has 1 aromatic rings. The van der Waals surface area contributed by atoms with Crippen LogP contribution in [0, 0.1) is 0 Å². The summed E-state index contributed by atoms with van der Waals surface area (Å²) in [4.78, 5) is 14.3. The Labute approximate surface area is 143 Å². The van der Waals surface area contributed by atoms with E-state index in [2.05, 4.69) is 10.2 Å². The minimum Gasteiger partial charge on any atom is -0.405 e. The lowest BCUT2D eigenvalue weighted by molar-refractivity contribution is 0.0948. The molecule has 0 spiro atoms. The van der Waals surface area contributed by atoms with E-state index in [0.717, 1.165) is 25.1 Å². The van der Waals surface area contributed by atoms with Gasteiger partial charge in [0.25, 0.3) is 5.91 Å². The first kappa shape index (κ1) is 18.9. The fourth-order valence-electron chi connectivity index (χ4n) is 2.61. The highest BCUT2D eigenvalue weighted by molar-refractivity contribution is 6.61. The van der Waals surface area contributed by atoms with Crippen molar-refractivity contribution in [1.29, 1.82) is 0 Å². The Morgan fingerprint density at radius 2 is 1.92 bits per heavy atom. The van der Waals surface area contributed by atoms with Crippen molar-refractivity contribution in [2.24, 2.45) is 11.5 Å². The largest absolute Gasteiger partial charge is 0.494 e. The quantitative estimate of drug-likeness (QED) is 0.489. The number of amides is 1. The highest BCUT2D eigenvalue weighted by atomic mass is 16.6. The Kier molecular flexibility index (Phi) is 7.68. The number of nitrogens with one attached hydrogen (secondary N) is 1. The van der Waals surface area contributed by atoms with Gasteiger partial charge in [0.15, 0.2) is 0 Å². The molecule has 1 amide bonds. The Hall–Kier alpha value is -1.45. The van der Waals surface area contributed by atoms with E-state index in [-0.39, 0.29) is 19.1 Å². The standard InChI is InChI=1S/C16H27BN4O3/c1-13-12-23-17(24-13)15-4-2-14(3-5-15)16(22)20-8-11-21(9-6-18)10-7-19/h2-5,13H,6-12,18-19H2,1H3,(H,20,22). The van der Waals surface area contributed by atoms with Crippen molar-refractivity contribution in [3.63, 3.8) is 0 Å². The van der Waals surface area contributed by atoms with Gasteiger partial charge in [0, 0.05) is 44.8 Å². The third kappa shape index (κ3) is 5.57. The molecule has 132 valence electrons. The number of carbonyl (C=O) groups is 1. The van der Waals surface area contributed by atoms with Gasteiger partial charge in [0.1, 0.15) is 0 Å². The Bertz CT molecular complexity index is 509. The molecule has 1 saturated heterocycles. The molecule has 0 radical (unpaired) electrons. The monoisotopic (exact) mass is 334 g/mol. The number of hydrogen-bond acceptors (Lipinski definition) is 6. The van der Waals surface area contributed by atoms with Gasteiger partial charge in [-0.15, -0.1) is 0 Å². The summed E-state index contributed by atoms with van der Waals surface area (Å²) in [5.41, 5.74) is 12.7. The minimum atomic E-state index is -0.335. The van der Waals surface area contributed by atoms with Gasteiger partial charge < -0.3 is 26.1 Å². The van der Waals surface area contributed by atoms with Crippen LogP contribution >= 0.6 is 0 Å². The van der Waals surface area contributed by atoms with Crippen molar-refractivity contribution in [1.82, 2.24) is 10.2 Å². The summed E-state index contributed by atoms with van der Waals surface area (Å²) in [5, 5.41) is 2.92. The van der Waals surface area contributed by atoms with Gasteiger partial charge in [-0.3, -0.25) is 9.69 Å². The second-order valence-corrected chi connectivity index (χ2v) is 5.91. The predicted molar refractivity (Wildman–Crippen MR) is 95.2 cm³/mol. The molecule has 2 rings (SSSR count). The molecule has 7 nitrogen and oxygen atoms in total. The summed E-state index contributed by atoms with van der Waals surface area (Å²) in [6, 6.07) is 7.31. The topological polar surface area (TPSA) is 103 Å². The van der Waals surface area contributed by atoms with Gasteiger partial charge in [-0.05, 0) is 24.5 Å². The summed E-state index contributed by atoms with van der Waals surface area (Å²) in [6.07, 6.45) is 0.1000. The lowest BCUT2D eigenvalue weighted by atomic mass is 9.79. The molecule has 24 heavy (non-hydrogen) atoms. The number of carbonyl (C=O) groups excluding carboxylic acids is 1. The van der Waals surface area contributed by atoms with Crippen molar-refractivity contribution >= 4 is 18.5 Å². The van der Waals surface area contributed by atoms with Crippen LogP contribution in [0.3, 0.4) is 0 Å². The predicted octanol–water partition coefficient (Wildman–Crippen LogP) is -1.23. The van der Waals surface area contributed by atoms with Gasteiger partial charge in [-0.25, -0.2) is 0 Å². The summed E-state index contributed by atoms with van der Waals surface area (Å²) in [6.45, 7) is 6.59. The number of nitrogens with zero attached hydrogens (tertiary/aromatic N) is 1. The van der Waals surface area contributed by atoms with Gasteiger partial charge >= 0.3 is 7.12 Å². The van der Waals surface area contributed by atoms with Gasteiger partial charge in [0.05, 0.1) is 12.7 Å². The maximum atomic E-state index is 12.2. The average molecular weight is 334 g/mol. The fourth-order valence-corrected chi connectivity index (χ4v) is 2.61. The molecular weight excluding hydrogens is 307 g/mol. The van der Waals surface area contributed by atoms with Crippen molar-refractivity contribution in [2.75, 3.05) is 45.9 Å². The molecule has 8 heteroatoms. The first-order valence-electron chi connectivity index (χ1n) is 8.41. The summed E-state index contributed by atoms with van der Waals surface area (Å²) < 4.78 is 11.2. The van der Waals surface area contributed by atoms with Crippen LogP contribution < -0.4 is 22.2 Å². The lowest BCUT2D eigenvalue weighted by Gasteiger charge is -2.20. The molecule has 1 aliphatic rings. The van der Waals surface area contributed by atoms with Crippen LogP contribution in [0.1, 0.15) is 17.3 Å². The van der Waals surface area contributed by atoms with Gasteiger partial charge in [-0.2, -0.15) is 0 Å². The lowest BCUT2D eigenvalue weighted by Crippen LogP contribution is -2.40.